The minimum Gasteiger partial charge on any atom is -0.507 e. The van der Waals surface area contributed by atoms with E-state index in [1.807, 2.05) is 6.07 Å². The maximum atomic E-state index is 12.7. The van der Waals surface area contributed by atoms with Crippen molar-refractivity contribution in [2.24, 2.45) is 7.05 Å². The van der Waals surface area contributed by atoms with Gasteiger partial charge in [-0.05, 0) is 41.0 Å². The van der Waals surface area contributed by atoms with Crippen molar-refractivity contribution in [3.05, 3.63) is 65.5 Å². The average Bonchev–Trinajstić information content (AvgIpc) is 3.19. The minimum atomic E-state index is -4.75. The van der Waals surface area contributed by atoms with Gasteiger partial charge >= 0.3 is 6.36 Å². The lowest BCUT2D eigenvalue weighted by Crippen LogP contribution is -2.23. The van der Waals surface area contributed by atoms with Crippen molar-refractivity contribution in [2.75, 3.05) is 0 Å². The largest absolute Gasteiger partial charge is 0.573 e. The van der Waals surface area contributed by atoms with E-state index in [4.69, 9.17) is 0 Å². The fourth-order valence-electron chi connectivity index (χ4n) is 3.37. The van der Waals surface area contributed by atoms with Gasteiger partial charge in [0.05, 0.1) is 11.8 Å². The van der Waals surface area contributed by atoms with Gasteiger partial charge in [0.15, 0.2) is 0 Å². The normalized spacial score (nSPS) is 13.7. The van der Waals surface area contributed by atoms with Gasteiger partial charge in [-0.15, -0.1) is 13.2 Å². The van der Waals surface area contributed by atoms with Crippen LogP contribution in [0, 0.1) is 0 Å². The molecule has 0 unspecified atom stereocenters. The topological polar surface area (TPSA) is 67.6 Å². The maximum absolute atomic E-state index is 12.7. The van der Waals surface area contributed by atoms with Crippen LogP contribution in [0.2, 0.25) is 0 Å². The van der Waals surface area contributed by atoms with E-state index in [0.717, 1.165) is 11.1 Å². The predicted molar refractivity (Wildman–Crippen MR) is 97.0 cm³/mol. The number of phenols is 1. The zero-order chi connectivity index (χ0) is 20.8. The lowest BCUT2D eigenvalue weighted by molar-refractivity contribution is -0.274. The summed E-state index contributed by atoms with van der Waals surface area (Å²) in [5.41, 5.74) is 3.14. The molecule has 0 bridgehead atoms. The molecular weight excluding hydrogens is 387 g/mol. The van der Waals surface area contributed by atoms with E-state index in [2.05, 4.69) is 9.84 Å². The second kappa shape index (κ2) is 6.84. The number of aromatic nitrogens is 2. The molecule has 1 N–H and O–H groups in total. The van der Waals surface area contributed by atoms with Crippen molar-refractivity contribution in [2.45, 2.75) is 19.5 Å². The number of ether oxygens (including phenoxy) is 1. The number of amides is 1. The summed E-state index contributed by atoms with van der Waals surface area (Å²) >= 11 is 0. The Kier molecular flexibility index (Phi) is 4.45. The molecule has 29 heavy (non-hydrogen) atoms. The molecular formula is C20H16F3N3O3. The Bertz CT molecular complexity index is 1070. The van der Waals surface area contributed by atoms with Crippen LogP contribution in [-0.4, -0.2) is 32.1 Å². The van der Waals surface area contributed by atoms with Crippen molar-refractivity contribution < 1.29 is 27.8 Å². The van der Waals surface area contributed by atoms with Gasteiger partial charge in [-0.25, -0.2) is 0 Å². The Morgan fingerprint density at radius 2 is 1.90 bits per heavy atom. The van der Waals surface area contributed by atoms with Crippen LogP contribution < -0.4 is 4.74 Å². The number of carbonyl (C=O) groups excluding carboxylic acids is 1. The Morgan fingerprint density at radius 3 is 2.52 bits per heavy atom. The van der Waals surface area contributed by atoms with Crippen molar-refractivity contribution in [1.82, 2.24) is 14.7 Å². The van der Waals surface area contributed by atoms with Gasteiger partial charge in [0.1, 0.15) is 11.5 Å². The number of benzene rings is 2. The monoisotopic (exact) mass is 403 g/mol. The molecule has 0 saturated heterocycles. The molecule has 1 amide bonds. The lowest BCUT2D eigenvalue weighted by atomic mass is 10.0. The second-order valence-corrected chi connectivity index (χ2v) is 6.79. The maximum Gasteiger partial charge on any atom is 0.573 e. The fourth-order valence-corrected chi connectivity index (χ4v) is 3.37. The van der Waals surface area contributed by atoms with Crippen LogP contribution >= 0.6 is 0 Å². The van der Waals surface area contributed by atoms with Gasteiger partial charge in [-0.3, -0.25) is 9.48 Å². The zero-order valence-electron chi connectivity index (χ0n) is 15.3. The number of carbonyl (C=O) groups is 1. The second-order valence-electron chi connectivity index (χ2n) is 6.79. The number of phenolic OH excluding ortho intramolecular Hbond substituents is 1. The highest BCUT2D eigenvalue weighted by Crippen LogP contribution is 2.36. The summed E-state index contributed by atoms with van der Waals surface area (Å²) in [4.78, 5) is 14.2. The standard InChI is InChI=1S/C20H16F3N3O3/c1-25-10-15(8-24-25)13-6-14-11-26(19(28)18(14)17(27)7-13)9-12-2-4-16(5-3-12)29-20(21,22)23/h2-8,10,27H,9,11H2,1H3. The van der Waals surface area contributed by atoms with Crippen molar-refractivity contribution >= 4 is 5.91 Å². The molecule has 0 atom stereocenters. The van der Waals surface area contributed by atoms with Crippen LogP contribution in [0.4, 0.5) is 13.2 Å². The fraction of sp³-hybridized carbons (Fsp3) is 0.200. The van der Waals surface area contributed by atoms with Gasteiger partial charge in [0.2, 0.25) is 0 Å². The molecule has 1 aliphatic rings. The summed E-state index contributed by atoms with van der Waals surface area (Å²) in [5.74, 6) is -0.760. The lowest BCUT2D eigenvalue weighted by Gasteiger charge is -2.16. The molecule has 0 fully saturated rings. The summed E-state index contributed by atoms with van der Waals surface area (Å²) in [6.45, 7) is 0.484. The summed E-state index contributed by atoms with van der Waals surface area (Å²) < 4.78 is 42.3. The third-order valence-electron chi connectivity index (χ3n) is 4.63. The average molecular weight is 403 g/mol. The summed E-state index contributed by atoms with van der Waals surface area (Å²) in [6, 6.07) is 8.71. The number of nitrogens with zero attached hydrogens (tertiary/aromatic N) is 3. The number of aryl methyl sites for hydroxylation is 1. The first-order chi connectivity index (χ1) is 13.7. The van der Waals surface area contributed by atoms with Crippen LogP contribution in [0.3, 0.4) is 0 Å². The van der Waals surface area contributed by atoms with E-state index in [1.54, 1.807) is 24.1 Å². The van der Waals surface area contributed by atoms with Crippen LogP contribution in [-0.2, 0) is 20.1 Å². The third-order valence-corrected chi connectivity index (χ3v) is 4.63. The highest BCUT2D eigenvalue weighted by molar-refractivity contribution is 6.01. The smallest absolute Gasteiger partial charge is 0.507 e. The van der Waals surface area contributed by atoms with Crippen molar-refractivity contribution in [1.29, 1.82) is 0 Å². The minimum absolute atomic E-state index is 0.109. The van der Waals surface area contributed by atoms with Crippen LogP contribution in [0.15, 0.2) is 48.8 Å². The molecule has 0 radical (unpaired) electrons. The summed E-state index contributed by atoms with van der Waals surface area (Å²) in [6.07, 6.45) is -1.28. The molecule has 0 saturated carbocycles. The van der Waals surface area contributed by atoms with E-state index >= 15 is 0 Å². The molecule has 1 aliphatic heterocycles. The number of hydrogen-bond donors (Lipinski definition) is 1. The van der Waals surface area contributed by atoms with Gasteiger partial charge < -0.3 is 14.7 Å². The summed E-state index contributed by atoms with van der Waals surface area (Å²) in [5, 5.41) is 14.5. The SMILES string of the molecule is Cn1cc(-c2cc(O)c3c(c2)CN(Cc2ccc(OC(F)(F)F)cc2)C3=O)cn1. The first-order valence-corrected chi connectivity index (χ1v) is 8.68. The molecule has 3 aromatic rings. The quantitative estimate of drug-likeness (QED) is 0.719. The molecule has 1 aromatic heterocycles. The predicted octanol–water partition coefficient (Wildman–Crippen LogP) is 3.85. The molecule has 0 aliphatic carbocycles. The Hall–Kier alpha value is -3.49. The third kappa shape index (κ3) is 3.89. The van der Waals surface area contributed by atoms with E-state index in [9.17, 15) is 23.1 Å². The van der Waals surface area contributed by atoms with Crippen molar-refractivity contribution in [3.63, 3.8) is 0 Å². The van der Waals surface area contributed by atoms with Crippen molar-refractivity contribution in [3.8, 4) is 22.6 Å². The van der Waals surface area contributed by atoms with E-state index in [0.29, 0.717) is 11.1 Å². The highest BCUT2D eigenvalue weighted by Gasteiger charge is 2.32. The number of aromatic hydroxyl groups is 1. The highest BCUT2D eigenvalue weighted by atomic mass is 19.4. The first kappa shape index (κ1) is 18.9. The van der Waals surface area contributed by atoms with E-state index in [-0.39, 0.29) is 36.1 Å². The number of rotatable bonds is 4. The number of hydrogen-bond acceptors (Lipinski definition) is 4. The zero-order valence-corrected chi connectivity index (χ0v) is 15.3. The van der Waals surface area contributed by atoms with E-state index < -0.39 is 6.36 Å². The molecule has 150 valence electrons. The Labute approximate surface area is 163 Å². The molecule has 4 rings (SSSR count). The number of halogens is 3. The van der Waals surface area contributed by atoms with Gasteiger partial charge in [0, 0.05) is 31.9 Å². The van der Waals surface area contributed by atoms with Crippen LogP contribution in [0.25, 0.3) is 11.1 Å². The molecule has 6 nitrogen and oxygen atoms in total. The van der Waals surface area contributed by atoms with Gasteiger partial charge in [-0.1, -0.05) is 12.1 Å². The molecule has 2 heterocycles. The van der Waals surface area contributed by atoms with Crippen LogP contribution in [0.5, 0.6) is 11.5 Å². The van der Waals surface area contributed by atoms with E-state index in [1.165, 1.54) is 35.2 Å². The first-order valence-electron chi connectivity index (χ1n) is 8.68. The number of alkyl halides is 3. The molecule has 0 spiro atoms. The number of fused-ring (bicyclic) bond motifs is 1. The van der Waals surface area contributed by atoms with Gasteiger partial charge in [-0.2, -0.15) is 5.10 Å². The molecule has 2 aromatic carbocycles. The Balaban J connectivity index is 1.53. The van der Waals surface area contributed by atoms with Gasteiger partial charge in [0.25, 0.3) is 5.91 Å². The molecule has 9 heteroatoms. The van der Waals surface area contributed by atoms with Crippen LogP contribution in [0.1, 0.15) is 21.5 Å². The summed E-state index contributed by atoms with van der Waals surface area (Å²) in [7, 11) is 1.78. The Morgan fingerprint density at radius 1 is 1.17 bits per heavy atom.